The van der Waals surface area contributed by atoms with Crippen molar-refractivity contribution in [3.8, 4) is 0 Å². The number of nitrogens with two attached hydrogens (primary N) is 1. The summed E-state index contributed by atoms with van der Waals surface area (Å²) in [6.45, 7) is 3.45. The molecule has 1 aromatic carbocycles. The van der Waals surface area contributed by atoms with Crippen molar-refractivity contribution in [1.29, 1.82) is 0 Å². The molecule has 3 heteroatoms. The molecule has 1 amide bonds. The van der Waals surface area contributed by atoms with Gasteiger partial charge in [-0.15, -0.1) is 0 Å². The molecule has 1 aromatic rings. The van der Waals surface area contributed by atoms with Crippen molar-refractivity contribution in [1.82, 2.24) is 4.90 Å². The summed E-state index contributed by atoms with van der Waals surface area (Å²) in [5, 5.41) is 0. The Kier molecular flexibility index (Phi) is 4.59. The third-order valence-corrected chi connectivity index (χ3v) is 4.03. The first-order chi connectivity index (χ1) is 9.13. The van der Waals surface area contributed by atoms with E-state index in [4.69, 9.17) is 5.73 Å². The van der Waals surface area contributed by atoms with Crippen molar-refractivity contribution in [3.05, 3.63) is 35.4 Å². The van der Waals surface area contributed by atoms with Crippen molar-refractivity contribution >= 4 is 5.91 Å². The van der Waals surface area contributed by atoms with E-state index in [2.05, 4.69) is 25.1 Å². The van der Waals surface area contributed by atoms with E-state index >= 15 is 0 Å². The van der Waals surface area contributed by atoms with Crippen LogP contribution < -0.4 is 5.73 Å². The lowest BCUT2D eigenvalue weighted by atomic mass is 9.82. The van der Waals surface area contributed by atoms with Crippen LogP contribution in [0.5, 0.6) is 0 Å². The SMILES string of the molecule is CC(CN)CN(C)C(=O)C1CCCc2ccccc21. The van der Waals surface area contributed by atoms with Gasteiger partial charge in [-0.3, -0.25) is 4.79 Å². The molecule has 0 saturated heterocycles. The Bertz CT molecular complexity index is 444. The Morgan fingerprint density at radius 3 is 2.95 bits per heavy atom. The Hall–Kier alpha value is -1.35. The summed E-state index contributed by atoms with van der Waals surface area (Å²) in [6.07, 6.45) is 3.17. The molecule has 1 aliphatic rings. The minimum atomic E-state index is 0.0416. The normalized spacial score (nSPS) is 19.6. The number of likely N-dealkylation sites (N-methyl/N-ethyl adjacent to an activating group) is 1. The average Bonchev–Trinajstić information content (AvgIpc) is 2.45. The van der Waals surface area contributed by atoms with Crippen molar-refractivity contribution in [3.63, 3.8) is 0 Å². The largest absolute Gasteiger partial charge is 0.345 e. The highest BCUT2D eigenvalue weighted by molar-refractivity contribution is 5.84. The minimum Gasteiger partial charge on any atom is -0.345 e. The Morgan fingerprint density at radius 2 is 2.21 bits per heavy atom. The Balaban J connectivity index is 2.12. The lowest BCUT2D eigenvalue weighted by Gasteiger charge is -2.29. The number of amides is 1. The maximum atomic E-state index is 12.6. The maximum absolute atomic E-state index is 12.6. The second-order valence-electron chi connectivity index (χ2n) is 5.70. The van der Waals surface area contributed by atoms with Gasteiger partial charge in [-0.05, 0) is 42.9 Å². The number of carbonyl (C=O) groups excluding carboxylic acids is 1. The van der Waals surface area contributed by atoms with E-state index in [9.17, 15) is 4.79 Å². The number of hydrogen-bond acceptors (Lipinski definition) is 2. The summed E-state index contributed by atoms with van der Waals surface area (Å²) in [5.41, 5.74) is 8.21. The highest BCUT2D eigenvalue weighted by Gasteiger charge is 2.28. The van der Waals surface area contributed by atoms with Crippen LogP contribution in [0.25, 0.3) is 0 Å². The van der Waals surface area contributed by atoms with Gasteiger partial charge in [-0.2, -0.15) is 0 Å². The molecule has 104 valence electrons. The minimum absolute atomic E-state index is 0.0416. The van der Waals surface area contributed by atoms with E-state index in [0.29, 0.717) is 12.5 Å². The van der Waals surface area contributed by atoms with Gasteiger partial charge in [0.05, 0.1) is 5.92 Å². The molecule has 2 N–H and O–H groups in total. The number of aryl methyl sites for hydroxylation is 1. The first-order valence-corrected chi connectivity index (χ1v) is 7.16. The number of carbonyl (C=O) groups is 1. The average molecular weight is 260 g/mol. The van der Waals surface area contributed by atoms with Crippen LogP contribution >= 0.6 is 0 Å². The molecule has 0 fully saturated rings. The van der Waals surface area contributed by atoms with Gasteiger partial charge in [0.25, 0.3) is 0 Å². The van der Waals surface area contributed by atoms with Crippen LogP contribution in [0.4, 0.5) is 0 Å². The zero-order valence-electron chi connectivity index (χ0n) is 11.9. The number of hydrogen-bond donors (Lipinski definition) is 1. The second-order valence-corrected chi connectivity index (χ2v) is 5.70. The summed E-state index contributed by atoms with van der Waals surface area (Å²) < 4.78 is 0. The fourth-order valence-corrected chi connectivity index (χ4v) is 2.91. The summed E-state index contributed by atoms with van der Waals surface area (Å²) in [6, 6.07) is 8.35. The van der Waals surface area contributed by atoms with Gasteiger partial charge in [0.15, 0.2) is 0 Å². The highest BCUT2D eigenvalue weighted by Crippen LogP contribution is 2.32. The van der Waals surface area contributed by atoms with E-state index in [-0.39, 0.29) is 11.8 Å². The van der Waals surface area contributed by atoms with Gasteiger partial charge in [-0.25, -0.2) is 0 Å². The molecular weight excluding hydrogens is 236 g/mol. The molecule has 0 saturated carbocycles. The van der Waals surface area contributed by atoms with E-state index in [1.807, 2.05) is 18.0 Å². The fraction of sp³-hybridized carbons (Fsp3) is 0.562. The van der Waals surface area contributed by atoms with Gasteiger partial charge in [0.2, 0.25) is 5.91 Å². The molecule has 0 aliphatic heterocycles. The van der Waals surface area contributed by atoms with Gasteiger partial charge >= 0.3 is 0 Å². The van der Waals surface area contributed by atoms with Crippen LogP contribution in [0.1, 0.15) is 36.8 Å². The van der Waals surface area contributed by atoms with E-state index in [0.717, 1.165) is 25.8 Å². The van der Waals surface area contributed by atoms with Crippen molar-refractivity contribution in [2.24, 2.45) is 11.7 Å². The number of fused-ring (bicyclic) bond motifs is 1. The van der Waals surface area contributed by atoms with Crippen LogP contribution in [0.15, 0.2) is 24.3 Å². The molecule has 19 heavy (non-hydrogen) atoms. The van der Waals surface area contributed by atoms with Crippen LogP contribution in [0.2, 0.25) is 0 Å². The molecule has 3 nitrogen and oxygen atoms in total. The predicted octanol–water partition coefficient (Wildman–Crippen LogP) is 2.16. The third-order valence-electron chi connectivity index (χ3n) is 4.03. The maximum Gasteiger partial charge on any atom is 0.229 e. The molecule has 1 aliphatic carbocycles. The van der Waals surface area contributed by atoms with Crippen molar-refractivity contribution < 1.29 is 4.79 Å². The fourth-order valence-electron chi connectivity index (χ4n) is 2.91. The number of nitrogens with zero attached hydrogens (tertiary/aromatic N) is 1. The Labute approximate surface area is 115 Å². The third kappa shape index (κ3) is 3.16. The standard InChI is InChI=1S/C16H24N2O/c1-12(10-17)11-18(2)16(19)15-9-5-7-13-6-3-4-8-14(13)15/h3-4,6,8,12,15H,5,7,9-11,17H2,1-2H3. The highest BCUT2D eigenvalue weighted by atomic mass is 16.2. The topological polar surface area (TPSA) is 46.3 Å². The van der Waals surface area contributed by atoms with Crippen LogP contribution in [0, 0.1) is 5.92 Å². The number of benzene rings is 1. The zero-order chi connectivity index (χ0) is 13.8. The summed E-state index contributed by atoms with van der Waals surface area (Å²) in [7, 11) is 1.89. The van der Waals surface area contributed by atoms with Crippen LogP contribution in [0.3, 0.4) is 0 Å². The van der Waals surface area contributed by atoms with Gasteiger partial charge < -0.3 is 10.6 Å². The molecule has 2 unspecified atom stereocenters. The molecular formula is C16H24N2O. The summed E-state index contributed by atoms with van der Waals surface area (Å²) in [4.78, 5) is 14.4. The monoisotopic (exact) mass is 260 g/mol. The summed E-state index contributed by atoms with van der Waals surface area (Å²) >= 11 is 0. The van der Waals surface area contributed by atoms with Gasteiger partial charge in [-0.1, -0.05) is 31.2 Å². The van der Waals surface area contributed by atoms with Gasteiger partial charge in [0, 0.05) is 13.6 Å². The Morgan fingerprint density at radius 1 is 1.47 bits per heavy atom. The van der Waals surface area contributed by atoms with Crippen LogP contribution in [-0.4, -0.2) is 30.9 Å². The smallest absolute Gasteiger partial charge is 0.229 e. The van der Waals surface area contributed by atoms with Crippen molar-refractivity contribution in [2.45, 2.75) is 32.1 Å². The molecule has 0 aromatic heterocycles. The summed E-state index contributed by atoms with van der Waals surface area (Å²) in [5.74, 6) is 0.639. The molecule has 2 atom stereocenters. The quantitative estimate of drug-likeness (QED) is 0.901. The predicted molar refractivity (Wildman–Crippen MR) is 78.0 cm³/mol. The first-order valence-electron chi connectivity index (χ1n) is 7.16. The lowest BCUT2D eigenvalue weighted by Crippen LogP contribution is -2.37. The first kappa shape index (κ1) is 14.1. The van der Waals surface area contributed by atoms with E-state index < -0.39 is 0 Å². The molecule has 0 heterocycles. The molecule has 2 rings (SSSR count). The lowest BCUT2D eigenvalue weighted by molar-refractivity contribution is -0.132. The molecule has 0 spiro atoms. The molecule has 0 radical (unpaired) electrons. The van der Waals surface area contributed by atoms with Crippen LogP contribution in [-0.2, 0) is 11.2 Å². The van der Waals surface area contributed by atoms with E-state index in [1.54, 1.807) is 0 Å². The van der Waals surface area contributed by atoms with Gasteiger partial charge in [0.1, 0.15) is 0 Å². The van der Waals surface area contributed by atoms with Crippen molar-refractivity contribution in [2.75, 3.05) is 20.1 Å². The second kappa shape index (κ2) is 6.20. The number of rotatable bonds is 4. The zero-order valence-corrected chi connectivity index (χ0v) is 11.9. The molecule has 0 bridgehead atoms. The van der Waals surface area contributed by atoms with E-state index in [1.165, 1.54) is 11.1 Å².